The van der Waals surface area contributed by atoms with Gasteiger partial charge in [0.15, 0.2) is 5.16 Å². The Balaban J connectivity index is 1.57. The first kappa shape index (κ1) is 21.2. The SMILES string of the molecule is O=c1c2c3c(sc2n2c(SCc4ccc(Cl)c(Cl)c4)nnc2n1-c1ccccc1)CCCC3. The van der Waals surface area contributed by atoms with E-state index < -0.39 is 0 Å². The first-order valence-corrected chi connectivity index (χ1v) is 13.2. The average Bonchev–Trinajstić information content (AvgIpc) is 3.42. The Morgan fingerprint density at radius 3 is 2.64 bits per heavy atom. The van der Waals surface area contributed by atoms with Crippen LogP contribution in [0.1, 0.15) is 28.8 Å². The molecule has 1 aliphatic rings. The van der Waals surface area contributed by atoms with E-state index >= 15 is 0 Å². The zero-order valence-electron chi connectivity index (χ0n) is 17.4. The van der Waals surface area contributed by atoms with E-state index in [1.807, 2.05) is 42.5 Å². The molecule has 0 unspecified atom stereocenters. The minimum Gasteiger partial charge on any atom is -0.268 e. The first-order valence-electron chi connectivity index (χ1n) is 10.7. The predicted octanol–water partition coefficient (Wildman–Crippen LogP) is 6.57. The molecule has 2 aromatic carbocycles. The van der Waals surface area contributed by atoms with Gasteiger partial charge in [0.1, 0.15) is 4.83 Å². The summed E-state index contributed by atoms with van der Waals surface area (Å²) in [6.07, 6.45) is 4.24. The summed E-state index contributed by atoms with van der Waals surface area (Å²) in [5, 5.41) is 11.6. The molecule has 0 saturated heterocycles. The van der Waals surface area contributed by atoms with Crippen molar-refractivity contribution in [2.75, 3.05) is 0 Å². The molecule has 3 heterocycles. The number of fused-ring (bicyclic) bond motifs is 5. The van der Waals surface area contributed by atoms with Gasteiger partial charge in [-0.2, -0.15) is 0 Å². The standard InChI is InChI=1S/C24H18Cl2N4OS2/c25-17-11-10-14(12-18(17)26)13-32-24-28-27-23-29(15-6-2-1-3-7-15)21(31)20-16-8-4-5-9-19(16)33-22(20)30(23)24/h1-3,6-7,10-12H,4-5,8-9,13H2. The number of benzene rings is 2. The summed E-state index contributed by atoms with van der Waals surface area (Å²) >= 11 is 15.6. The van der Waals surface area contributed by atoms with E-state index in [9.17, 15) is 4.79 Å². The number of aromatic nitrogens is 4. The Kier molecular flexibility index (Phi) is 5.45. The molecule has 0 atom stereocenters. The van der Waals surface area contributed by atoms with Gasteiger partial charge >= 0.3 is 0 Å². The van der Waals surface area contributed by atoms with Crippen LogP contribution in [-0.4, -0.2) is 19.2 Å². The van der Waals surface area contributed by atoms with Gasteiger partial charge in [-0.15, -0.1) is 21.5 Å². The maximum Gasteiger partial charge on any atom is 0.268 e. The molecule has 0 bridgehead atoms. The first-order chi connectivity index (χ1) is 16.1. The monoisotopic (exact) mass is 512 g/mol. The van der Waals surface area contributed by atoms with E-state index in [1.54, 1.807) is 33.7 Å². The average molecular weight is 513 g/mol. The third kappa shape index (κ3) is 3.58. The van der Waals surface area contributed by atoms with Crippen LogP contribution in [0.25, 0.3) is 21.7 Å². The number of hydrogen-bond acceptors (Lipinski definition) is 5. The van der Waals surface area contributed by atoms with Crippen LogP contribution < -0.4 is 5.56 Å². The molecule has 0 aliphatic heterocycles. The second-order valence-electron chi connectivity index (χ2n) is 8.02. The van der Waals surface area contributed by atoms with E-state index in [2.05, 4.69) is 14.6 Å². The molecular formula is C24H18Cl2N4OS2. The van der Waals surface area contributed by atoms with E-state index in [0.29, 0.717) is 21.6 Å². The molecule has 0 fully saturated rings. The lowest BCUT2D eigenvalue weighted by molar-refractivity contribution is 0.699. The molecule has 166 valence electrons. The van der Waals surface area contributed by atoms with Gasteiger partial charge in [0, 0.05) is 10.6 Å². The quantitative estimate of drug-likeness (QED) is 0.255. The normalized spacial score (nSPS) is 13.6. The molecule has 0 spiro atoms. The summed E-state index contributed by atoms with van der Waals surface area (Å²) in [5.41, 5.74) is 3.02. The highest BCUT2D eigenvalue weighted by molar-refractivity contribution is 7.98. The van der Waals surface area contributed by atoms with Crippen LogP contribution in [0, 0.1) is 0 Å². The van der Waals surface area contributed by atoms with Crippen molar-refractivity contribution in [3.05, 3.63) is 84.9 Å². The fourth-order valence-corrected chi connectivity index (χ4v) is 7.03. The van der Waals surface area contributed by atoms with Gasteiger partial charge < -0.3 is 0 Å². The van der Waals surface area contributed by atoms with Crippen LogP contribution in [0.15, 0.2) is 58.5 Å². The van der Waals surface area contributed by atoms with E-state index in [1.165, 1.54) is 10.4 Å². The van der Waals surface area contributed by atoms with Gasteiger partial charge in [-0.1, -0.05) is 59.2 Å². The summed E-state index contributed by atoms with van der Waals surface area (Å²) < 4.78 is 3.75. The van der Waals surface area contributed by atoms with Crippen molar-refractivity contribution in [1.29, 1.82) is 0 Å². The number of halogens is 2. The van der Waals surface area contributed by atoms with Crippen molar-refractivity contribution in [2.45, 2.75) is 36.6 Å². The van der Waals surface area contributed by atoms with Crippen molar-refractivity contribution < 1.29 is 0 Å². The third-order valence-corrected chi connectivity index (χ3v) is 8.97. The molecule has 0 N–H and O–H groups in total. The molecule has 5 nitrogen and oxygen atoms in total. The van der Waals surface area contributed by atoms with Gasteiger partial charge in [-0.05, 0) is 61.1 Å². The number of thiophene rings is 1. The molecule has 3 aromatic heterocycles. The fraction of sp³-hybridized carbons (Fsp3) is 0.208. The maximum absolute atomic E-state index is 13.8. The molecule has 9 heteroatoms. The number of thioether (sulfide) groups is 1. The lowest BCUT2D eigenvalue weighted by Gasteiger charge is -2.12. The largest absolute Gasteiger partial charge is 0.268 e. The van der Waals surface area contributed by atoms with Crippen molar-refractivity contribution in [3.63, 3.8) is 0 Å². The minimum atomic E-state index is -0.0171. The molecule has 5 aromatic rings. The Bertz CT molecular complexity index is 1570. The van der Waals surface area contributed by atoms with Gasteiger partial charge in [0.25, 0.3) is 5.56 Å². The number of aryl methyl sites for hydroxylation is 2. The maximum atomic E-state index is 13.8. The molecule has 1 aliphatic carbocycles. The molecule has 33 heavy (non-hydrogen) atoms. The van der Waals surface area contributed by atoms with E-state index in [4.69, 9.17) is 23.2 Å². The van der Waals surface area contributed by atoms with Crippen LogP contribution in [0.2, 0.25) is 10.0 Å². The molecule has 0 radical (unpaired) electrons. The van der Waals surface area contributed by atoms with E-state index in [-0.39, 0.29) is 5.56 Å². The Hall–Kier alpha value is -2.32. The highest BCUT2D eigenvalue weighted by Crippen LogP contribution is 2.37. The van der Waals surface area contributed by atoms with E-state index in [0.717, 1.165) is 52.3 Å². The Morgan fingerprint density at radius 1 is 1.00 bits per heavy atom. The highest BCUT2D eigenvalue weighted by Gasteiger charge is 2.25. The highest BCUT2D eigenvalue weighted by atomic mass is 35.5. The Morgan fingerprint density at radius 2 is 1.82 bits per heavy atom. The molecule has 6 rings (SSSR count). The van der Waals surface area contributed by atoms with Crippen LogP contribution in [0.3, 0.4) is 0 Å². The lowest BCUT2D eigenvalue weighted by atomic mass is 9.97. The number of hydrogen-bond donors (Lipinski definition) is 0. The Labute approximate surface area is 208 Å². The number of nitrogens with zero attached hydrogens (tertiary/aromatic N) is 4. The minimum absolute atomic E-state index is 0.0171. The second kappa shape index (κ2) is 8.47. The van der Waals surface area contributed by atoms with Crippen LogP contribution in [-0.2, 0) is 18.6 Å². The summed E-state index contributed by atoms with van der Waals surface area (Å²) in [4.78, 5) is 16.0. The summed E-state index contributed by atoms with van der Waals surface area (Å²) in [6.45, 7) is 0. The van der Waals surface area contributed by atoms with Gasteiger partial charge in [-0.25, -0.2) is 8.97 Å². The predicted molar refractivity (Wildman–Crippen MR) is 137 cm³/mol. The number of para-hydroxylation sites is 1. The fourth-order valence-electron chi connectivity index (χ4n) is 4.40. The second-order valence-corrected chi connectivity index (χ2v) is 10.9. The van der Waals surface area contributed by atoms with Gasteiger partial charge in [0.05, 0.1) is 21.1 Å². The van der Waals surface area contributed by atoms with Crippen molar-refractivity contribution in [3.8, 4) is 5.69 Å². The molecular weight excluding hydrogens is 495 g/mol. The topological polar surface area (TPSA) is 52.2 Å². The zero-order valence-corrected chi connectivity index (χ0v) is 20.6. The lowest BCUT2D eigenvalue weighted by Crippen LogP contribution is -2.22. The smallest absolute Gasteiger partial charge is 0.268 e. The summed E-state index contributed by atoms with van der Waals surface area (Å²) in [7, 11) is 0. The van der Waals surface area contributed by atoms with Gasteiger partial charge in [-0.3, -0.25) is 4.79 Å². The molecule has 0 amide bonds. The molecule has 0 saturated carbocycles. The van der Waals surface area contributed by atoms with Crippen molar-refractivity contribution in [1.82, 2.24) is 19.2 Å². The summed E-state index contributed by atoms with van der Waals surface area (Å²) in [6, 6.07) is 15.3. The number of rotatable bonds is 4. The van der Waals surface area contributed by atoms with Crippen molar-refractivity contribution in [2.24, 2.45) is 0 Å². The van der Waals surface area contributed by atoms with Gasteiger partial charge in [0.2, 0.25) is 5.78 Å². The zero-order chi connectivity index (χ0) is 22.5. The van der Waals surface area contributed by atoms with Crippen LogP contribution >= 0.6 is 46.3 Å². The third-order valence-electron chi connectivity index (χ3n) is 5.96. The van der Waals surface area contributed by atoms with Crippen LogP contribution in [0.4, 0.5) is 0 Å². The van der Waals surface area contributed by atoms with Crippen molar-refractivity contribution >= 4 is 62.3 Å². The summed E-state index contributed by atoms with van der Waals surface area (Å²) in [5.74, 6) is 1.20. The van der Waals surface area contributed by atoms with Crippen LogP contribution in [0.5, 0.6) is 0 Å².